The molecule has 1 aliphatic heterocycles. The van der Waals surface area contributed by atoms with Crippen LogP contribution in [0.15, 0.2) is 53.9 Å². The molecule has 1 N–H and O–H groups in total. The van der Waals surface area contributed by atoms with Gasteiger partial charge in [0.25, 0.3) is 0 Å². The van der Waals surface area contributed by atoms with E-state index in [1.807, 2.05) is 31.5 Å². The van der Waals surface area contributed by atoms with Crippen molar-refractivity contribution >= 4 is 28.4 Å². The summed E-state index contributed by atoms with van der Waals surface area (Å²) in [6.07, 6.45) is 1.83. The average molecular weight is 466 g/mol. The van der Waals surface area contributed by atoms with Crippen LogP contribution in [0, 0.1) is 0 Å². The Bertz CT molecular complexity index is 1150. The number of nitrogens with zero attached hydrogens (tertiary/aromatic N) is 5. The number of hydrogen-bond donors (Lipinski definition) is 1. The molecule has 4 rings (SSSR count). The van der Waals surface area contributed by atoms with Crippen molar-refractivity contribution in [3.05, 3.63) is 54.4 Å². The Morgan fingerprint density at radius 2 is 1.91 bits per heavy atom. The van der Waals surface area contributed by atoms with Crippen molar-refractivity contribution in [2.45, 2.75) is 13.8 Å². The summed E-state index contributed by atoms with van der Waals surface area (Å²) in [5, 5.41) is 13.2. The molecule has 0 bridgehead atoms. The number of oxime groups is 1. The van der Waals surface area contributed by atoms with Crippen molar-refractivity contribution in [1.29, 1.82) is 0 Å². The molecule has 1 aliphatic rings. The Kier molecular flexibility index (Phi) is 7.76. The van der Waals surface area contributed by atoms with E-state index in [1.54, 1.807) is 6.92 Å². The van der Waals surface area contributed by atoms with Crippen LogP contribution in [0.25, 0.3) is 16.7 Å². The van der Waals surface area contributed by atoms with E-state index in [9.17, 15) is 4.79 Å². The van der Waals surface area contributed by atoms with Crippen molar-refractivity contribution < 1.29 is 19.5 Å². The predicted octanol–water partition coefficient (Wildman–Crippen LogP) is 2.44. The van der Waals surface area contributed by atoms with Crippen molar-refractivity contribution in [2.75, 3.05) is 57.4 Å². The molecule has 34 heavy (non-hydrogen) atoms. The number of β-amino-alcohol motifs (C(OH)–C–C–N with tert-alkyl or cyclic N) is 1. The van der Waals surface area contributed by atoms with Gasteiger partial charge < -0.3 is 19.6 Å². The summed E-state index contributed by atoms with van der Waals surface area (Å²) in [6.45, 7) is 8.39. The van der Waals surface area contributed by atoms with Crippen LogP contribution in [0.4, 0.5) is 5.69 Å². The van der Waals surface area contributed by atoms with Gasteiger partial charge in [-0.1, -0.05) is 17.3 Å². The van der Waals surface area contributed by atoms with Crippen LogP contribution < -0.4 is 4.90 Å². The van der Waals surface area contributed by atoms with Crippen LogP contribution in [0.1, 0.15) is 19.4 Å². The normalized spacial score (nSPS) is 15.0. The van der Waals surface area contributed by atoms with Gasteiger partial charge >= 0.3 is 5.97 Å². The Hall–Kier alpha value is -3.43. The van der Waals surface area contributed by atoms with Crippen molar-refractivity contribution in [3.63, 3.8) is 0 Å². The summed E-state index contributed by atoms with van der Waals surface area (Å²) in [4.78, 5) is 25.8. The molecule has 0 spiro atoms. The fraction of sp³-hybridized carbons (Fsp3) is 0.400. The van der Waals surface area contributed by atoms with Crippen LogP contribution in [-0.2, 0) is 14.4 Å². The molecule has 3 aromatic rings. The number of hydrogen-bond acceptors (Lipinski definition) is 8. The highest BCUT2D eigenvalue weighted by Crippen LogP contribution is 2.24. The van der Waals surface area contributed by atoms with Gasteiger partial charge in [-0.3, -0.25) is 9.47 Å². The van der Waals surface area contributed by atoms with Crippen molar-refractivity contribution in [1.82, 2.24) is 14.5 Å². The molecular formula is C25H31N5O4. The third-order valence-electron chi connectivity index (χ3n) is 5.92. The minimum Gasteiger partial charge on any atom is -0.463 e. The SMILES string of the molecule is CCOC(=O)CON=C(C)c1ccc2c(c1)ncn2-c1cccc(N2CCN(CCO)CC2)c1. The minimum atomic E-state index is -0.442. The maximum Gasteiger partial charge on any atom is 0.347 e. The summed E-state index contributed by atoms with van der Waals surface area (Å²) < 4.78 is 6.91. The largest absolute Gasteiger partial charge is 0.463 e. The molecule has 1 fully saturated rings. The van der Waals surface area contributed by atoms with Crippen molar-refractivity contribution in [2.24, 2.45) is 5.16 Å². The molecule has 0 aliphatic carbocycles. The second kappa shape index (κ2) is 11.1. The van der Waals surface area contributed by atoms with Gasteiger partial charge in [-0.15, -0.1) is 0 Å². The number of carbonyl (C=O) groups is 1. The molecule has 2 heterocycles. The molecule has 0 unspecified atom stereocenters. The number of imidazole rings is 1. The Labute approximate surface area is 199 Å². The van der Waals surface area contributed by atoms with Gasteiger partial charge in [0, 0.05) is 49.7 Å². The third-order valence-corrected chi connectivity index (χ3v) is 5.92. The number of anilines is 1. The van der Waals surface area contributed by atoms with Crippen LogP contribution in [-0.4, -0.2) is 83.8 Å². The monoisotopic (exact) mass is 465 g/mol. The fourth-order valence-electron chi connectivity index (χ4n) is 4.09. The number of piperazine rings is 1. The standard InChI is InChI=1S/C25H31N5O4/c1-3-33-25(32)17-34-27-19(2)20-7-8-24-23(15-20)26-18-30(24)22-6-4-5-21(16-22)29-11-9-28(10-12-29)13-14-31/h4-8,15-16,18,31H,3,9-14,17H2,1-2H3. The topological polar surface area (TPSA) is 92.4 Å². The van der Waals surface area contributed by atoms with Crippen LogP contribution in [0.2, 0.25) is 0 Å². The van der Waals surface area contributed by atoms with E-state index in [4.69, 9.17) is 14.7 Å². The molecule has 9 heteroatoms. The summed E-state index contributed by atoms with van der Waals surface area (Å²) >= 11 is 0. The van der Waals surface area contributed by atoms with E-state index < -0.39 is 5.97 Å². The van der Waals surface area contributed by atoms with Gasteiger partial charge in [0.15, 0.2) is 0 Å². The molecule has 1 saturated heterocycles. The van der Waals surface area contributed by atoms with Gasteiger partial charge in [-0.25, -0.2) is 9.78 Å². The Balaban J connectivity index is 1.48. The lowest BCUT2D eigenvalue weighted by atomic mass is 10.1. The lowest BCUT2D eigenvalue weighted by molar-refractivity contribution is -0.148. The number of benzene rings is 2. The van der Waals surface area contributed by atoms with Gasteiger partial charge in [-0.2, -0.15) is 0 Å². The first-order valence-electron chi connectivity index (χ1n) is 11.6. The summed E-state index contributed by atoms with van der Waals surface area (Å²) in [7, 11) is 0. The lowest BCUT2D eigenvalue weighted by Gasteiger charge is -2.36. The predicted molar refractivity (Wildman–Crippen MR) is 132 cm³/mol. The molecule has 2 aromatic carbocycles. The molecule has 9 nitrogen and oxygen atoms in total. The molecule has 1 aromatic heterocycles. The smallest absolute Gasteiger partial charge is 0.347 e. The molecule has 0 radical (unpaired) electrons. The highest BCUT2D eigenvalue weighted by molar-refractivity contribution is 6.01. The highest BCUT2D eigenvalue weighted by Gasteiger charge is 2.17. The van der Waals surface area contributed by atoms with Gasteiger partial charge in [0.05, 0.1) is 30.0 Å². The summed E-state index contributed by atoms with van der Waals surface area (Å²) in [5.74, 6) is -0.442. The third kappa shape index (κ3) is 5.55. The van der Waals surface area contributed by atoms with E-state index in [-0.39, 0.29) is 13.2 Å². The Morgan fingerprint density at radius 1 is 1.12 bits per heavy atom. The second-order valence-electron chi connectivity index (χ2n) is 8.15. The van der Waals surface area contributed by atoms with E-state index >= 15 is 0 Å². The number of rotatable bonds is 9. The number of ether oxygens (including phenoxy) is 1. The highest BCUT2D eigenvalue weighted by atomic mass is 16.7. The first kappa shape index (κ1) is 23.7. The second-order valence-corrected chi connectivity index (χ2v) is 8.15. The Morgan fingerprint density at radius 3 is 2.68 bits per heavy atom. The fourth-order valence-corrected chi connectivity index (χ4v) is 4.09. The number of aromatic nitrogens is 2. The number of carbonyl (C=O) groups excluding carboxylic acids is 1. The zero-order valence-electron chi connectivity index (χ0n) is 19.7. The van der Waals surface area contributed by atoms with E-state index in [2.05, 4.69) is 48.8 Å². The molecule has 0 saturated carbocycles. The summed E-state index contributed by atoms with van der Waals surface area (Å²) in [5.41, 5.74) is 5.60. The molecule has 0 amide bonds. The van der Waals surface area contributed by atoms with Gasteiger partial charge in [-0.05, 0) is 44.2 Å². The summed E-state index contributed by atoms with van der Waals surface area (Å²) in [6, 6.07) is 14.4. The van der Waals surface area contributed by atoms with Gasteiger partial charge in [0.2, 0.25) is 6.61 Å². The van der Waals surface area contributed by atoms with Crippen molar-refractivity contribution in [3.8, 4) is 5.69 Å². The molecular weight excluding hydrogens is 434 g/mol. The lowest BCUT2D eigenvalue weighted by Crippen LogP contribution is -2.47. The minimum absolute atomic E-state index is 0.205. The van der Waals surface area contributed by atoms with Crippen LogP contribution >= 0.6 is 0 Å². The average Bonchev–Trinajstić information content (AvgIpc) is 3.28. The number of fused-ring (bicyclic) bond motifs is 1. The first-order chi connectivity index (χ1) is 16.6. The van der Waals surface area contributed by atoms with Crippen LogP contribution in [0.5, 0.6) is 0 Å². The maximum absolute atomic E-state index is 11.4. The van der Waals surface area contributed by atoms with Gasteiger partial charge in [0.1, 0.15) is 6.33 Å². The van der Waals surface area contributed by atoms with Crippen LogP contribution in [0.3, 0.4) is 0 Å². The van der Waals surface area contributed by atoms with E-state index in [1.165, 1.54) is 5.69 Å². The number of aliphatic hydroxyl groups excluding tert-OH is 1. The molecule has 0 atom stereocenters. The number of aliphatic hydroxyl groups is 1. The quantitative estimate of drug-likeness (QED) is 0.295. The zero-order chi connectivity index (χ0) is 23.9. The molecule has 180 valence electrons. The van der Waals surface area contributed by atoms with E-state index in [0.717, 1.165) is 55.0 Å². The zero-order valence-corrected chi connectivity index (χ0v) is 19.7. The number of esters is 1. The first-order valence-corrected chi connectivity index (χ1v) is 11.6. The van der Waals surface area contributed by atoms with E-state index in [0.29, 0.717) is 12.3 Å². The maximum atomic E-state index is 11.4.